The lowest BCUT2D eigenvalue weighted by atomic mass is 10.2. The molecule has 2 aromatic rings. The van der Waals surface area contributed by atoms with Crippen LogP contribution in [0.25, 0.3) is 0 Å². The van der Waals surface area contributed by atoms with Crippen molar-refractivity contribution in [2.24, 2.45) is 0 Å². The van der Waals surface area contributed by atoms with E-state index in [4.69, 9.17) is 4.84 Å². The number of hydrogen-bond donors (Lipinski definition) is 0. The molecule has 17 heavy (non-hydrogen) atoms. The number of thioether (sulfide) groups is 1. The van der Waals surface area contributed by atoms with Gasteiger partial charge in [0.25, 0.3) is 0 Å². The van der Waals surface area contributed by atoms with Crippen molar-refractivity contribution in [3.8, 4) is 0 Å². The topological polar surface area (TPSA) is 13.1 Å². The second-order valence-corrected chi connectivity index (χ2v) is 4.92. The van der Waals surface area contributed by atoms with Crippen LogP contribution in [0, 0.1) is 0 Å². The van der Waals surface area contributed by atoms with Gasteiger partial charge in [-0.2, -0.15) is 0 Å². The first kappa shape index (κ1) is 12.0. The second kappa shape index (κ2) is 6.30. The van der Waals surface area contributed by atoms with Gasteiger partial charge in [-0.1, -0.05) is 37.3 Å². The van der Waals surface area contributed by atoms with Crippen LogP contribution in [0.3, 0.4) is 0 Å². The quantitative estimate of drug-likeness (QED) is 0.594. The summed E-state index contributed by atoms with van der Waals surface area (Å²) in [6.45, 7) is 2.74. The molecule has 2 nitrogen and oxygen atoms in total. The molecule has 0 unspecified atom stereocenters. The van der Waals surface area contributed by atoms with E-state index in [-0.39, 0.29) is 0 Å². The molecule has 0 fully saturated rings. The Morgan fingerprint density at radius 3 is 2.41 bits per heavy atom. The van der Waals surface area contributed by atoms with Gasteiger partial charge in [0.15, 0.2) is 6.61 Å². The van der Waals surface area contributed by atoms with Gasteiger partial charge < -0.3 is 0 Å². The van der Waals surface area contributed by atoms with Crippen LogP contribution in [0.5, 0.6) is 0 Å². The minimum absolute atomic E-state index is 0.589. The molecule has 0 saturated carbocycles. The van der Waals surface area contributed by atoms with Crippen LogP contribution in [0.4, 0.5) is 0 Å². The Hall–Kier alpha value is -1.48. The zero-order valence-electron chi connectivity index (χ0n) is 9.87. The molecule has 0 amide bonds. The fraction of sp³-hybridized carbons (Fsp3) is 0.214. The predicted molar refractivity (Wildman–Crippen MR) is 69.8 cm³/mol. The maximum atomic E-state index is 5.63. The third-order valence-electron chi connectivity index (χ3n) is 2.31. The minimum Gasteiger partial charge on any atom is -0.267 e. The first-order valence-corrected chi connectivity index (χ1v) is 6.68. The van der Waals surface area contributed by atoms with Crippen LogP contribution in [0.2, 0.25) is 0 Å². The molecule has 0 N–H and O–H groups in total. The highest BCUT2D eigenvalue weighted by Gasteiger charge is 2.02. The average Bonchev–Trinajstić information content (AvgIpc) is 2.40. The summed E-state index contributed by atoms with van der Waals surface area (Å²) in [6, 6.07) is 14.3. The van der Waals surface area contributed by atoms with E-state index in [1.807, 2.05) is 42.4 Å². The fourth-order valence-corrected chi connectivity index (χ4v) is 2.12. The Morgan fingerprint density at radius 2 is 1.76 bits per heavy atom. The lowest BCUT2D eigenvalue weighted by Crippen LogP contribution is -2.41. The SMILES string of the molecule is CCSc1cc[n+](OCc2ccccc2)cc1. The van der Waals surface area contributed by atoms with Crippen molar-refractivity contribution < 1.29 is 9.57 Å². The Bertz CT molecular complexity index is 442. The molecule has 0 aliphatic rings. The van der Waals surface area contributed by atoms with E-state index in [9.17, 15) is 0 Å². The zero-order chi connectivity index (χ0) is 11.9. The maximum Gasteiger partial charge on any atom is 0.223 e. The zero-order valence-corrected chi connectivity index (χ0v) is 10.7. The van der Waals surface area contributed by atoms with Crippen molar-refractivity contribution in [3.63, 3.8) is 0 Å². The molecule has 0 bridgehead atoms. The van der Waals surface area contributed by atoms with Crippen molar-refractivity contribution >= 4 is 11.8 Å². The van der Waals surface area contributed by atoms with E-state index in [0.717, 1.165) is 5.75 Å². The van der Waals surface area contributed by atoms with Gasteiger partial charge in [0, 0.05) is 21.8 Å². The van der Waals surface area contributed by atoms with Crippen molar-refractivity contribution in [3.05, 3.63) is 60.4 Å². The lowest BCUT2D eigenvalue weighted by Gasteiger charge is -2.00. The molecule has 0 aliphatic carbocycles. The largest absolute Gasteiger partial charge is 0.267 e. The summed E-state index contributed by atoms with van der Waals surface area (Å²) in [7, 11) is 0. The Kier molecular flexibility index (Phi) is 4.45. The van der Waals surface area contributed by atoms with Crippen LogP contribution in [0.1, 0.15) is 12.5 Å². The highest BCUT2D eigenvalue weighted by atomic mass is 32.2. The maximum absolute atomic E-state index is 5.63. The van der Waals surface area contributed by atoms with Gasteiger partial charge in [0.2, 0.25) is 12.4 Å². The van der Waals surface area contributed by atoms with Gasteiger partial charge in [-0.3, -0.25) is 4.84 Å². The van der Waals surface area contributed by atoms with Crippen LogP contribution >= 0.6 is 11.8 Å². The molecule has 1 aromatic carbocycles. The molecule has 0 radical (unpaired) electrons. The summed E-state index contributed by atoms with van der Waals surface area (Å²) >= 11 is 1.83. The number of rotatable bonds is 5. The van der Waals surface area contributed by atoms with Gasteiger partial charge >= 0.3 is 0 Å². The summed E-state index contributed by atoms with van der Waals surface area (Å²) in [4.78, 5) is 6.90. The molecule has 3 heteroatoms. The van der Waals surface area contributed by atoms with E-state index < -0.39 is 0 Å². The molecule has 1 heterocycles. The number of aromatic nitrogens is 1. The van der Waals surface area contributed by atoms with Gasteiger partial charge in [-0.05, 0) is 11.3 Å². The minimum atomic E-state index is 0.589. The smallest absolute Gasteiger partial charge is 0.223 e. The van der Waals surface area contributed by atoms with Crippen LogP contribution < -0.4 is 9.57 Å². The summed E-state index contributed by atoms with van der Waals surface area (Å²) < 4.78 is 1.74. The van der Waals surface area contributed by atoms with Crippen LogP contribution in [-0.2, 0) is 6.61 Å². The van der Waals surface area contributed by atoms with Crippen molar-refractivity contribution in [1.82, 2.24) is 0 Å². The average molecular weight is 246 g/mol. The van der Waals surface area contributed by atoms with Crippen LogP contribution in [0.15, 0.2) is 59.8 Å². The van der Waals surface area contributed by atoms with Crippen LogP contribution in [-0.4, -0.2) is 5.75 Å². The Balaban J connectivity index is 1.91. The van der Waals surface area contributed by atoms with E-state index >= 15 is 0 Å². The van der Waals surface area contributed by atoms with Gasteiger partial charge in [-0.25, -0.2) is 0 Å². The molecule has 2 rings (SSSR count). The Morgan fingerprint density at radius 1 is 1.06 bits per heavy atom. The Labute approximate surface area is 106 Å². The van der Waals surface area contributed by atoms with E-state index in [2.05, 4.69) is 31.2 Å². The molecule has 0 saturated heterocycles. The summed E-state index contributed by atoms with van der Waals surface area (Å²) in [6.07, 6.45) is 3.89. The number of pyridine rings is 1. The second-order valence-electron chi connectivity index (χ2n) is 3.59. The molecule has 0 atom stereocenters. The lowest BCUT2D eigenvalue weighted by molar-refractivity contribution is -0.895. The van der Waals surface area contributed by atoms with Crippen molar-refractivity contribution in [1.29, 1.82) is 0 Å². The van der Waals surface area contributed by atoms with Gasteiger partial charge in [0.05, 0.1) is 0 Å². The van der Waals surface area contributed by atoms with Gasteiger partial charge in [0.1, 0.15) is 0 Å². The molecular formula is C14H16NOS+. The number of nitrogens with zero attached hydrogens (tertiary/aromatic N) is 1. The summed E-state index contributed by atoms with van der Waals surface area (Å²) in [5, 5.41) is 0. The standard InChI is InChI=1S/C14H16NOS/c1-2-17-14-8-10-15(11-9-14)16-12-13-6-4-3-5-7-13/h3-11H,2,12H2,1H3/q+1. The third-order valence-corrected chi connectivity index (χ3v) is 3.20. The molecule has 0 aliphatic heterocycles. The molecule has 1 aromatic heterocycles. The fourth-order valence-electron chi connectivity index (χ4n) is 1.47. The number of benzene rings is 1. The highest BCUT2D eigenvalue weighted by molar-refractivity contribution is 7.99. The third kappa shape index (κ3) is 3.79. The molecule has 88 valence electrons. The highest BCUT2D eigenvalue weighted by Crippen LogP contribution is 2.14. The van der Waals surface area contributed by atoms with Crippen molar-refractivity contribution in [2.45, 2.75) is 18.4 Å². The summed E-state index contributed by atoms with van der Waals surface area (Å²) in [5.41, 5.74) is 1.17. The molecular weight excluding hydrogens is 230 g/mol. The summed E-state index contributed by atoms with van der Waals surface area (Å²) in [5.74, 6) is 1.09. The number of hydrogen-bond acceptors (Lipinski definition) is 2. The first-order chi connectivity index (χ1) is 8.38. The van der Waals surface area contributed by atoms with Crippen molar-refractivity contribution in [2.75, 3.05) is 5.75 Å². The predicted octanol–water partition coefficient (Wildman–Crippen LogP) is 2.71. The van der Waals surface area contributed by atoms with E-state index in [1.165, 1.54) is 10.5 Å². The molecule has 0 spiro atoms. The van der Waals surface area contributed by atoms with E-state index in [1.54, 1.807) is 4.73 Å². The first-order valence-electron chi connectivity index (χ1n) is 5.70. The monoisotopic (exact) mass is 246 g/mol. The van der Waals surface area contributed by atoms with Gasteiger partial charge in [-0.15, -0.1) is 11.8 Å². The normalized spacial score (nSPS) is 10.2. The van der Waals surface area contributed by atoms with E-state index in [0.29, 0.717) is 6.61 Å².